The summed E-state index contributed by atoms with van der Waals surface area (Å²) in [6.45, 7) is 0. The van der Waals surface area contributed by atoms with Gasteiger partial charge in [0.05, 0.1) is 6.34 Å². The first-order valence-electron chi connectivity index (χ1n) is 5.79. The van der Waals surface area contributed by atoms with E-state index in [0.29, 0.717) is 0 Å². The van der Waals surface area contributed by atoms with Crippen molar-refractivity contribution in [3.05, 3.63) is 78.0 Å². The number of benzene rings is 2. The predicted octanol–water partition coefficient (Wildman–Crippen LogP) is 2.60. The molecule has 1 N–H and O–H groups in total. The smallest absolute Gasteiger partial charge is 0.207 e. The van der Waals surface area contributed by atoms with Crippen LogP contribution in [0.15, 0.2) is 70.6 Å². The van der Waals surface area contributed by atoms with Crippen LogP contribution in [0, 0.1) is 6.17 Å². The molecule has 2 aromatic carbocycles. The van der Waals surface area contributed by atoms with E-state index >= 15 is 0 Å². The van der Waals surface area contributed by atoms with Gasteiger partial charge in [0.2, 0.25) is 6.17 Å². The second-order valence-electron chi connectivity index (χ2n) is 3.92. The first-order valence-corrected chi connectivity index (χ1v) is 5.79. The van der Waals surface area contributed by atoms with Crippen LogP contribution in [0.3, 0.4) is 0 Å². The van der Waals surface area contributed by atoms with Gasteiger partial charge in [0.25, 0.3) is 0 Å². The molecule has 3 heteroatoms. The van der Waals surface area contributed by atoms with Crippen molar-refractivity contribution >= 4 is 12.2 Å². The van der Waals surface area contributed by atoms with Gasteiger partial charge in [0, 0.05) is 11.1 Å². The molecule has 3 nitrogen and oxygen atoms in total. The summed E-state index contributed by atoms with van der Waals surface area (Å²) < 4.78 is 0. The average Bonchev–Trinajstić information content (AvgIpc) is 2.49. The number of aliphatic imine (C=N–C) groups is 2. The summed E-state index contributed by atoms with van der Waals surface area (Å²) in [4.78, 5) is 8.82. The zero-order chi connectivity index (χ0) is 12.2. The van der Waals surface area contributed by atoms with E-state index in [0.717, 1.165) is 23.1 Å². The Morgan fingerprint density at radius 3 is 2.00 bits per heavy atom. The van der Waals surface area contributed by atoms with E-state index in [1.807, 2.05) is 60.7 Å². The minimum Gasteiger partial charge on any atom is -0.344 e. The summed E-state index contributed by atoms with van der Waals surface area (Å²) in [5.74, 6) is 0.730. The molecule has 0 aliphatic carbocycles. The number of amidine groups is 1. The molecular weight excluding hydrogens is 222 g/mol. The molecule has 0 bridgehead atoms. The normalized spacial score (nSPS) is 15.0. The van der Waals surface area contributed by atoms with Gasteiger partial charge in [-0.25, -0.2) is 9.98 Å². The van der Waals surface area contributed by atoms with Crippen LogP contribution in [-0.4, -0.2) is 12.2 Å². The van der Waals surface area contributed by atoms with Crippen molar-refractivity contribution < 1.29 is 0 Å². The summed E-state index contributed by atoms with van der Waals surface area (Å²) in [5, 5.41) is 3.07. The minimum absolute atomic E-state index is 0.730. The van der Waals surface area contributed by atoms with Crippen molar-refractivity contribution in [1.82, 2.24) is 5.32 Å². The molecule has 0 saturated heterocycles. The molecule has 87 valence electrons. The highest BCUT2D eigenvalue weighted by atomic mass is 15.2. The molecule has 0 fully saturated rings. The van der Waals surface area contributed by atoms with Gasteiger partial charge in [0.15, 0.2) is 5.84 Å². The van der Waals surface area contributed by atoms with Gasteiger partial charge >= 0.3 is 0 Å². The Morgan fingerprint density at radius 1 is 0.722 bits per heavy atom. The van der Waals surface area contributed by atoms with E-state index in [9.17, 15) is 0 Å². The lowest BCUT2D eigenvalue weighted by Gasteiger charge is -2.16. The van der Waals surface area contributed by atoms with Crippen molar-refractivity contribution in [2.45, 2.75) is 0 Å². The van der Waals surface area contributed by atoms with Gasteiger partial charge in [-0.05, 0) is 0 Å². The molecule has 1 heterocycles. The van der Waals surface area contributed by atoms with E-state index in [2.05, 4.69) is 15.3 Å². The van der Waals surface area contributed by atoms with E-state index < -0.39 is 0 Å². The summed E-state index contributed by atoms with van der Waals surface area (Å²) in [7, 11) is 0. The average molecular weight is 234 g/mol. The van der Waals surface area contributed by atoms with Gasteiger partial charge in [-0.1, -0.05) is 60.7 Å². The largest absolute Gasteiger partial charge is 0.344 e. The molecule has 0 aromatic heterocycles. The van der Waals surface area contributed by atoms with Crippen LogP contribution < -0.4 is 5.32 Å². The summed E-state index contributed by atoms with van der Waals surface area (Å²) in [6, 6.07) is 20.0. The Kier molecular flexibility index (Phi) is 2.88. The van der Waals surface area contributed by atoms with Crippen LogP contribution in [-0.2, 0) is 0 Å². The maximum Gasteiger partial charge on any atom is 0.207 e. The van der Waals surface area contributed by atoms with Crippen LogP contribution in [0.4, 0.5) is 0 Å². The number of nitrogens with one attached hydrogen (secondary N) is 1. The van der Waals surface area contributed by atoms with Gasteiger partial charge in [-0.3, -0.25) is 0 Å². The standard InChI is InChI=1S/C15H12N3/c1-3-7-12(8-4-1)14-16-11-17-15(18-14)13-9-5-2-6-10-13/h1-11H,(H,16,17,18). The maximum atomic E-state index is 4.55. The van der Waals surface area contributed by atoms with E-state index in [-0.39, 0.29) is 0 Å². The van der Waals surface area contributed by atoms with Crippen LogP contribution in [0.5, 0.6) is 0 Å². The lowest BCUT2D eigenvalue weighted by Crippen LogP contribution is -2.24. The number of hydrogen-bond acceptors (Lipinski definition) is 3. The van der Waals surface area contributed by atoms with E-state index in [1.165, 1.54) is 0 Å². The second kappa shape index (κ2) is 4.84. The molecule has 18 heavy (non-hydrogen) atoms. The van der Waals surface area contributed by atoms with Crippen LogP contribution in [0.25, 0.3) is 0 Å². The minimum atomic E-state index is 0.730. The maximum absolute atomic E-state index is 4.55. The molecule has 1 aliphatic heterocycles. The lowest BCUT2D eigenvalue weighted by molar-refractivity contribution is 0.919. The Labute approximate surface area is 106 Å². The Bertz CT molecular complexity index is 573. The number of hydrogen-bond donors (Lipinski definition) is 1. The summed E-state index contributed by atoms with van der Waals surface area (Å²) >= 11 is 0. The van der Waals surface area contributed by atoms with Gasteiger partial charge in [-0.2, -0.15) is 0 Å². The Morgan fingerprint density at radius 2 is 1.33 bits per heavy atom. The van der Waals surface area contributed by atoms with Crippen LogP contribution >= 0.6 is 0 Å². The van der Waals surface area contributed by atoms with Crippen molar-refractivity contribution in [2.24, 2.45) is 9.98 Å². The highest BCUT2D eigenvalue weighted by molar-refractivity contribution is 6.04. The molecule has 0 spiro atoms. The Balaban J connectivity index is 1.93. The highest BCUT2D eigenvalue weighted by Crippen LogP contribution is 2.16. The monoisotopic (exact) mass is 234 g/mol. The Hall–Kier alpha value is -2.42. The third-order valence-electron chi connectivity index (χ3n) is 2.69. The summed E-state index contributed by atoms with van der Waals surface area (Å²) in [5.41, 5.74) is 2.07. The molecule has 3 rings (SSSR count). The zero-order valence-corrected chi connectivity index (χ0v) is 9.75. The molecule has 2 aromatic rings. The SMILES string of the molecule is C1=NC(c2ccccc2)=N[C](c2ccccc2)N1. The quantitative estimate of drug-likeness (QED) is 0.852. The van der Waals surface area contributed by atoms with Crippen LogP contribution in [0.2, 0.25) is 0 Å². The lowest BCUT2D eigenvalue weighted by atomic mass is 10.1. The predicted molar refractivity (Wildman–Crippen MR) is 73.4 cm³/mol. The van der Waals surface area contributed by atoms with Crippen molar-refractivity contribution in [3.63, 3.8) is 0 Å². The topological polar surface area (TPSA) is 36.8 Å². The van der Waals surface area contributed by atoms with Crippen molar-refractivity contribution in [2.75, 3.05) is 0 Å². The van der Waals surface area contributed by atoms with Crippen molar-refractivity contribution in [1.29, 1.82) is 0 Å². The fourth-order valence-electron chi connectivity index (χ4n) is 1.79. The molecule has 1 radical (unpaired) electrons. The van der Waals surface area contributed by atoms with Crippen molar-refractivity contribution in [3.8, 4) is 0 Å². The zero-order valence-electron chi connectivity index (χ0n) is 9.75. The third-order valence-corrected chi connectivity index (χ3v) is 2.69. The molecular formula is C15H12N3. The van der Waals surface area contributed by atoms with Gasteiger partial charge in [0.1, 0.15) is 0 Å². The third kappa shape index (κ3) is 2.15. The number of rotatable bonds is 2. The molecule has 0 atom stereocenters. The fraction of sp³-hybridized carbons (Fsp3) is 0. The summed E-state index contributed by atoms with van der Waals surface area (Å²) in [6.07, 6.45) is 2.50. The molecule has 1 aliphatic rings. The highest BCUT2D eigenvalue weighted by Gasteiger charge is 2.15. The fourth-order valence-corrected chi connectivity index (χ4v) is 1.79. The first-order chi connectivity index (χ1) is 8.93. The van der Waals surface area contributed by atoms with Gasteiger partial charge in [-0.15, -0.1) is 0 Å². The molecule has 0 saturated carbocycles. The van der Waals surface area contributed by atoms with Gasteiger partial charge < -0.3 is 5.32 Å². The van der Waals surface area contributed by atoms with E-state index in [4.69, 9.17) is 0 Å². The first kappa shape index (κ1) is 10.7. The second-order valence-corrected chi connectivity index (χ2v) is 3.92. The molecule has 0 unspecified atom stereocenters. The van der Waals surface area contributed by atoms with Crippen LogP contribution in [0.1, 0.15) is 11.1 Å². The number of nitrogens with zero attached hydrogens (tertiary/aromatic N) is 2. The van der Waals surface area contributed by atoms with E-state index in [1.54, 1.807) is 6.34 Å². The molecule has 0 amide bonds.